The van der Waals surface area contributed by atoms with E-state index in [1.165, 1.54) is 56.9 Å². The molecule has 1 aromatic carbocycles. The van der Waals surface area contributed by atoms with E-state index in [1.807, 2.05) is 12.1 Å². The van der Waals surface area contributed by atoms with Crippen molar-refractivity contribution in [1.29, 1.82) is 0 Å². The topological polar surface area (TPSA) is 24.1 Å². The van der Waals surface area contributed by atoms with Crippen molar-refractivity contribution in [1.82, 2.24) is 5.32 Å². The molecular weight excluding hydrogens is 276 g/mol. The Morgan fingerprint density at radius 2 is 1.57 bits per heavy atom. The largest absolute Gasteiger partial charge is 0.362 e. The molecule has 0 aliphatic carbocycles. The van der Waals surface area contributed by atoms with Crippen LogP contribution in [0.5, 0.6) is 0 Å². The van der Waals surface area contributed by atoms with Gasteiger partial charge in [-0.2, -0.15) is 0 Å². The van der Waals surface area contributed by atoms with Crippen LogP contribution in [-0.4, -0.2) is 11.7 Å². The molecule has 2 nitrogen and oxygen atoms in total. The van der Waals surface area contributed by atoms with Crippen LogP contribution < -0.4 is 10.6 Å². The van der Waals surface area contributed by atoms with Crippen LogP contribution in [0.2, 0.25) is 0 Å². The first-order valence-corrected chi connectivity index (χ1v) is 8.75. The first-order chi connectivity index (χ1) is 10.2. The van der Waals surface area contributed by atoms with Gasteiger partial charge in [0.1, 0.15) is 0 Å². The van der Waals surface area contributed by atoms with Gasteiger partial charge in [-0.25, -0.2) is 0 Å². The Hall–Kier alpha value is -1.09. The number of hydrogen-bond acceptors (Lipinski definition) is 1. The van der Waals surface area contributed by atoms with Gasteiger partial charge < -0.3 is 10.6 Å². The van der Waals surface area contributed by atoms with Crippen LogP contribution in [0.1, 0.15) is 63.9 Å². The normalized spacial score (nSPS) is 10.4. The second-order valence-electron chi connectivity index (χ2n) is 5.67. The molecule has 0 saturated carbocycles. The van der Waals surface area contributed by atoms with Crippen LogP contribution in [0.4, 0.5) is 5.69 Å². The average Bonchev–Trinajstić information content (AvgIpc) is 2.48. The van der Waals surface area contributed by atoms with E-state index in [4.69, 9.17) is 12.2 Å². The molecule has 0 heterocycles. The summed E-state index contributed by atoms with van der Waals surface area (Å²) in [5.41, 5.74) is 2.31. The molecular formula is C18H30N2S. The van der Waals surface area contributed by atoms with E-state index in [0.29, 0.717) is 0 Å². The number of nitrogens with one attached hydrogen (secondary N) is 2. The molecule has 0 aromatic heterocycles. The lowest BCUT2D eigenvalue weighted by Crippen LogP contribution is -2.29. The molecule has 0 radical (unpaired) electrons. The van der Waals surface area contributed by atoms with Crippen LogP contribution in [-0.2, 0) is 0 Å². The van der Waals surface area contributed by atoms with E-state index >= 15 is 0 Å². The lowest BCUT2D eigenvalue weighted by molar-refractivity contribution is 0.573. The predicted octanol–water partition coefficient (Wildman–Crippen LogP) is 5.42. The van der Waals surface area contributed by atoms with Crippen molar-refractivity contribution in [3.05, 3.63) is 29.8 Å². The predicted molar refractivity (Wildman–Crippen MR) is 98.0 cm³/mol. The fourth-order valence-corrected chi connectivity index (χ4v) is 2.55. The first-order valence-electron chi connectivity index (χ1n) is 8.34. The number of thiocarbonyl (C=S) groups is 1. The molecule has 0 bridgehead atoms. The standard InChI is InChI=1S/C18H30N2S/c1-3-4-5-6-7-8-9-12-15-19-18(21)20-17-14-11-10-13-16(17)2/h10-11,13-14H,3-9,12,15H2,1-2H3,(H2,19,20,21). The van der Waals surface area contributed by atoms with E-state index in [0.717, 1.165) is 17.3 Å². The van der Waals surface area contributed by atoms with Crippen LogP contribution >= 0.6 is 12.2 Å². The number of benzene rings is 1. The lowest BCUT2D eigenvalue weighted by atomic mass is 10.1. The molecule has 0 aliphatic rings. The molecule has 0 fully saturated rings. The van der Waals surface area contributed by atoms with E-state index < -0.39 is 0 Å². The SMILES string of the molecule is CCCCCCCCCCNC(=S)Nc1ccccc1C. The maximum atomic E-state index is 5.32. The minimum Gasteiger partial charge on any atom is -0.362 e. The highest BCUT2D eigenvalue weighted by atomic mass is 32.1. The summed E-state index contributed by atoms with van der Waals surface area (Å²) in [5, 5.41) is 7.27. The molecule has 3 heteroatoms. The van der Waals surface area contributed by atoms with Crippen LogP contribution in [0.15, 0.2) is 24.3 Å². The quantitative estimate of drug-likeness (QED) is 0.446. The molecule has 1 aromatic rings. The average molecular weight is 307 g/mol. The van der Waals surface area contributed by atoms with E-state index in [1.54, 1.807) is 0 Å². The number of aryl methyl sites for hydroxylation is 1. The summed E-state index contributed by atoms with van der Waals surface area (Å²) in [5.74, 6) is 0. The highest BCUT2D eigenvalue weighted by molar-refractivity contribution is 7.80. The van der Waals surface area contributed by atoms with Crippen molar-refractivity contribution in [2.75, 3.05) is 11.9 Å². The molecule has 0 amide bonds. The highest BCUT2D eigenvalue weighted by Crippen LogP contribution is 2.12. The Kier molecular flexibility index (Phi) is 9.88. The van der Waals surface area contributed by atoms with Crippen LogP contribution in [0.25, 0.3) is 0 Å². The zero-order valence-electron chi connectivity index (χ0n) is 13.6. The molecule has 0 saturated heterocycles. The van der Waals surface area contributed by atoms with Crippen molar-refractivity contribution in [2.24, 2.45) is 0 Å². The summed E-state index contributed by atoms with van der Waals surface area (Å²) < 4.78 is 0. The van der Waals surface area contributed by atoms with Crippen molar-refractivity contribution >= 4 is 23.0 Å². The molecule has 0 aliphatic heterocycles. The van der Waals surface area contributed by atoms with Crippen molar-refractivity contribution in [2.45, 2.75) is 65.2 Å². The van der Waals surface area contributed by atoms with E-state index in [-0.39, 0.29) is 0 Å². The van der Waals surface area contributed by atoms with Crippen LogP contribution in [0, 0.1) is 6.92 Å². The lowest BCUT2D eigenvalue weighted by Gasteiger charge is -2.12. The van der Waals surface area contributed by atoms with Gasteiger partial charge in [0, 0.05) is 12.2 Å². The smallest absolute Gasteiger partial charge is 0.170 e. The first kappa shape index (κ1) is 18.0. The van der Waals surface area contributed by atoms with E-state index in [9.17, 15) is 0 Å². The molecule has 0 unspecified atom stereocenters. The molecule has 2 N–H and O–H groups in total. The van der Waals surface area contributed by atoms with Gasteiger partial charge in [0.25, 0.3) is 0 Å². The molecule has 21 heavy (non-hydrogen) atoms. The summed E-state index contributed by atoms with van der Waals surface area (Å²) >= 11 is 5.32. The van der Waals surface area contributed by atoms with Gasteiger partial charge in [-0.3, -0.25) is 0 Å². The minimum absolute atomic E-state index is 0.729. The summed E-state index contributed by atoms with van der Waals surface area (Å²) in [4.78, 5) is 0. The van der Waals surface area contributed by atoms with Crippen molar-refractivity contribution < 1.29 is 0 Å². The van der Waals surface area contributed by atoms with Crippen molar-refractivity contribution in [3.63, 3.8) is 0 Å². The minimum atomic E-state index is 0.729. The maximum Gasteiger partial charge on any atom is 0.170 e. The van der Waals surface area contributed by atoms with Gasteiger partial charge in [-0.1, -0.05) is 70.1 Å². The second-order valence-corrected chi connectivity index (χ2v) is 6.08. The Labute approximate surface area is 135 Å². The third kappa shape index (κ3) is 8.71. The van der Waals surface area contributed by atoms with E-state index in [2.05, 4.69) is 36.6 Å². The second kappa shape index (κ2) is 11.6. The number of rotatable bonds is 10. The highest BCUT2D eigenvalue weighted by Gasteiger charge is 1.99. The molecule has 0 atom stereocenters. The monoisotopic (exact) mass is 306 g/mol. The summed E-state index contributed by atoms with van der Waals surface area (Å²) in [6.45, 7) is 5.32. The zero-order valence-corrected chi connectivity index (χ0v) is 14.4. The fourth-order valence-electron chi connectivity index (χ4n) is 2.34. The van der Waals surface area contributed by atoms with Gasteiger partial charge in [0.05, 0.1) is 0 Å². The number of para-hydroxylation sites is 1. The number of hydrogen-bond donors (Lipinski definition) is 2. The van der Waals surface area contributed by atoms with Crippen molar-refractivity contribution in [3.8, 4) is 0 Å². The third-order valence-electron chi connectivity index (χ3n) is 3.71. The van der Waals surface area contributed by atoms with Gasteiger partial charge in [-0.15, -0.1) is 0 Å². The number of anilines is 1. The maximum absolute atomic E-state index is 5.32. The molecule has 118 valence electrons. The zero-order chi connectivity index (χ0) is 15.3. The Morgan fingerprint density at radius 1 is 0.952 bits per heavy atom. The fraction of sp³-hybridized carbons (Fsp3) is 0.611. The third-order valence-corrected chi connectivity index (χ3v) is 3.96. The molecule has 1 rings (SSSR count). The van der Waals surface area contributed by atoms with Gasteiger partial charge >= 0.3 is 0 Å². The summed E-state index contributed by atoms with van der Waals surface area (Å²) in [7, 11) is 0. The summed E-state index contributed by atoms with van der Waals surface area (Å²) in [6, 6.07) is 8.21. The van der Waals surface area contributed by atoms with Gasteiger partial charge in [-0.05, 0) is 37.2 Å². The number of unbranched alkanes of at least 4 members (excludes halogenated alkanes) is 7. The van der Waals surface area contributed by atoms with Crippen LogP contribution in [0.3, 0.4) is 0 Å². The Morgan fingerprint density at radius 3 is 2.24 bits per heavy atom. The summed E-state index contributed by atoms with van der Waals surface area (Å²) in [6.07, 6.45) is 10.7. The Bertz CT molecular complexity index is 404. The Balaban J connectivity index is 2.00. The van der Waals surface area contributed by atoms with Gasteiger partial charge in [0.2, 0.25) is 0 Å². The van der Waals surface area contributed by atoms with Gasteiger partial charge in [0.15, 0.2) is 5.11 Å². The molecule has 0 spiro atoms.